The van der Waals surface area contributed by atoms with Crippen molar-refractivity contribution in [3.05, 3.63) is 0 Å². The monoisotopic (exact) mass is 135 g/mol. The van der Waals surface area contributed by atoms with Gasteiger partial charge in [0.15, 0.2) is 0 Å². The van der Waals surface area contributed by atoms with Gasteiger partial charge >= 0.3 is 5.97 Å². The predicted molar refractivity (Wildman–Crippen MR) is 31.1 cm³/mol. The summed E-state index contributed by atoms with van der Waals surface area (Å²) in [5.74, 6) is -1.16. The van der Waals surface area contributed by atoms with E-state index in [-0.39, 0.29) is 0 Å². The molecule has 0 heterocycles. The first-order valence-electron chi connectivity index (χ1n) is 2.63. The molecule has 0 aromatic carbocycles. The smallest absolute Gasteiger partial charge is 0.323 e. The van der Waals surface area contributed by atoms with E-state index in [0.717, 1.165) is 0 Å². The standard InChI is InChI=1S/C5H10FNO2/c1-3(6)4(7-2)5(8)9/h3-4,7H,1-2H3,(H,8,9). The molecule has 0 rings (SSSR count). The van der Waals surface area contributed by atoms with Gasteiger partial charge in [-0.05, 0) is 14.0 Å². The topological polar surface area (TPSA) is 49.3 Å². The number of hydrogen-bond acceptors (Lipinski definition) is 2. The van der Waals surface area contributed by atoms with Crippen molar-refractivity contribution in [1.29, 1.82) is 0 Å². The number of likely N-dealkylation sites (N-methyl/N-ethyl adjacent to an activating group) is 1. The summed E-state index contributed by atoms with van der Waals surface area (Å²) in [6, 6.07) is -1.08. The van der Waals surface area contributed by atoms with Gasteiger partial charge in [-0.25, -0.2) is 4.39 Å². The minimum absolute atomic E-state index is 1.08. The van der Waals surface area contributed by atoms with Crippen molar-refractivity contribution in [1.82, 2.24) is 5.32 Å². The van der Waals surface area contributed by atoms with E-state index in [4.69, 9.17) is 5.11 Å². The minimum Gasteiger partial charge on any atom is -0.480 e. The van der Waals surface area contributed by atoms with Crippen LogP contribution in [0.4, 0.5) is 4.39 Å². The number of aliphatic carboxylic acids is 1. The van der Waals surface area contributed by atoms with Crippen LogP contribution in [0.5, 0.6) is 0 Å². The maximum absolute atomic E-state index is 12.2. The van der Waals surface area contributed by atoms with Crippen LogP contribution in [0, 0.1) is 0 Å². The first kappa shape index (κ1) is 8.36. The Kier molecular flexibility index (Phi) is 3.16. The Hall–Kier alpha value is -0.640. The Morgan fingerprint density at radius 2 is 2.22 bits per heavy atom. The van der Waals surface area contributed by atoms with E-state index in [0.29, 0.717) is 0 Å². The molecule has 0 aromatic rings. The lowest BCUT2D eigenvalue weighted by Crippen LogP contribution is -2.40. The molecule has 2 atom stereocenters. The van der Waals surface area contributed by atoms with E-state index in [1.807, 2.05) is 0 Å². The minimum atomic E-state index is -1.35. The Bertz CT molecular complexity index is 105. The molecule has 0 amide bonds. The van der Waals surface area contributed by atoms with E-state index in [1.165, 1.54) is 14.0 Å². The largest absolute Gasteiger partial charge is 0.480 e. The van der Waals surface area contributed by atoms with Crippen LogP contribution in [-0.2, 0) is 4.79 Å². The second-order valence-electron chi connectivity index (χ2n) is 1.78. The first-order chi connectivity index (χ1) is 4.09. The fraction of sp³-hybridized carbons (Fsp3) is 0.800. The van der Waals surface area contributed by atoms with Crippen LogP contribution < -0.4 is 5.32 Å². The number of carbonyl (C=O) groups is 1. The lowest BCUT2D eigenvalue weighted by atomic mass is 10.2. The van der Waals surface area contributed by atoms with Crippen molar-refractivity contribution in [2.75, 3.05) is 7.05 Å². The molecular weight excluding hydrogens is 125 g/mol. The van der Waals surface area contributed by atoms with E-state index >= 15 is 0 Å². The van der Waals surface area contributed by atoms with Gasteiger partial charge in [0.1, 0.15) is 12.2 Å². The molecule has 0 aliphatic rings. The summed E-state index contributed by atoms with van der Waals surface area (Å²) in [5, 5.41) is 10.6. The van der Waals surface area contributed by atoms with Crippen LogP contribution in [0.2, 0.25) is 0 Å². The lowest BCUT2D eigenvalue weighted by molar-refractivity contribution is -0.140. The molecule has 0 aromatic heterocycles. The number of alkyl halides is 1. The molecule has 54 valence electrons. The third kappa shape index (κ3) is 2.41. The van der Waals surface area contributed by atoms with E-state index in [1.54, 1.807) is 0 Å². The fourth-order valence-corrected chi connectivity index (χ4v) is 0.550. The lowest BCUT2D eigenvalue weighted by Gasteiger charge is -2.10. The molecular formula is C5H10FNO2. The van der Waals surface area contributed by atoms with Gasteiger partial charge in [-0.2, -0.15) is 0 Å². The van der Waals surface area contributed by atoms with Gasteiger partial charge in [-0.3, -0.25) is 4.79 Å². The summed E-state index contributed by atoms with van der Waals surface area (Å²) >= 11 is 0. The van der Waals surface area contributed by atoms with E-state index in [2.05, 4.69) is 5.32 Å². The zero-order valence-corrected chi connectivity index (χ0v) is 5.39. The number of carboxylic acids is 1. The Morgan fingerprint density at radius 3 is 2.22 bits per heavy atom. The highest BCUT2D eigenvalue weighted by Gasteiger charge is 2.21. The van der Waals surface area contributed by atoms with Crippen molar-refractivity contribution < 1.29 is 14.3 Å². The third-order valence-electron chi connectivity index (χ3n) is 1.04. The molecule has 2 N–H and O–H groups in total. The molecule has 0 aliphatic carbocycles. The van der Waals surface area contributed by atoms with Crippen molar-refractivity contribution in [3.8, 4) is 0 Å². The van der Waals surface area contributed by atoms with Gasteiger partial charge in [-0.1, -0.05) is 0 Å². The molecule has 0 aliphatic heterocycles. The molecule has 0 bridgehead atoms. The number of hydrogen-bond donors (Lipinski definition) is 2. The summed E-state index contributed by atoms with van der Waals surface area (Å²) in [5.41, 5.74) is 0. The van der Waals surface area contributed by atoms with Crippen molar-refractivity contribution in [3.63, 3.8) is 0 Å². The highest BCUT2D eigenvalue weighted by atomic mass is 19.1. The molecule has 2 unspecified atom stereocenters. The van der Waals surface area contributed by atoms with Gasteiger partial charge < -0.3 is 10.4 Å². The summed E-state index contributed by atoms with van der Waals surface area (Å²) in [7, 11) is 1.41. The Labute approximate surface area is 52.9 Å². The Morgan fingerprint density at radius 1 is 1.78 bits per heavy atom. The third-order valence-corrected chi connectivity index (χ3v) is 1.04. The normalized spacial score (nSPS) is 16.8. The molecule has 3 nitrogen and oxygen atoms in total. The van der Waals surface area contributed by atoms with Crippen LogP contribution in [0.1, 0.15) is 6.92 Å². The van der Waals surface area contributed by atoms with Gasteiger partial charge in [0.25, 0.3) is 0 Å². The van der Waals surface area contributed by atoms with Crippen molar-refractivity contribution in [2.24, 2.45) is 0 Å². The average molecular weight is 135 g/mol. The maximum atomic E-state index is 12.2. The van der Waals surface area contributed by atoms with E-state index < -0.39 is 18.2 Å². The Balaban J connectivity index is 3.83. The van der Waals surface area contributed by atoms with Gasteiger partial charge in [-0.15, -0.1) is 0 Å². The highest BCUT2D eigenvalue weighted by Crippen LogP contribution is 1.95. The molecule has 0 radical (unpaired) electrons. The van der Waals surface area contributed by atoms with Crippen LogP contribution in [0.3, 0.4) is 0 Å². The number of rotatable bonds is 3. The molecule has 0 spiro atoms. The van der Waals surface area contributed by atoms with Gasteiger partial charge in [0.05, 0.1) is 0 Å². The van der Waals surface area contributed by atoms with Gasteiger partial charge in [0, 0.05) is 0 Å². The summed E-state index contributed by atoms with van der Waals surface area (Å²) in [6.07, 6.45) is -1.35. The first-order valence-corrected chi connectivity index (χ1v) is 2.63. The molecule has 4 heteroatoms. The highest BCUT2D eigenvalue weighted by molar-refractivity contribution is 5.74. The second-order valence-corrected chi connectivity index (χ2v) is 1.78. The maximum Gasteiger partial charge on any atom is 0.323 e. The SMILES string of the molecule is CNC(C(=O)O)C(C)F. The van der Waals surface area contributed by atoms with Crippen molar-refractivity contribution >= 4 is 5.97 Å². The number of halogens is 1. The van der Waals surface area contributed by atoms with Crippen LogP contribution in [0.25, 0.3) is 0 Å². The zero-order chi connectivity index (χ0) is 7.44. The van der Waals surface area contributed by atoms with Gasteiger partial charge in [0.2, 0.25) is 0 Å². The molecule has 0 fully saturated rings. The second kappa shape index (κ2) is 3.40. The van der Waals surface area contributed by atoms with Crippen LogP contribution in [-0.4, -0.2) is 30.3 Å². The molecule has 0 saturated heterocycles. The zero-order valence-electron chi connectivity index (χ0n) is 5.39. The summed E-state index contributed by atoms with van der Waals surface area (Å²) < 4.78 is 12.2. The fourth-order valence-electron chi connectivity index (χ4n) is 0.550. The predicted octanol–water partition coefficient (Wildman–Crippen LogP) is 0.0170. The van der Waals surface area contributed by atoms with Crippen molar-refractivity contribution in [2.45, 2.75) is 19.1 Å². The summed E-state index contributed by atoms with van der Waals surface area (Å²) in [4.78, 5) is 10.1. The molecule has 9 heavy (non-hydrogen) atoms. The summed E-state index contributed by atoms with van der Waals surface area (Å²) in [6.45, 7) is 1.20. The van der Waals surface area contributed by atoms with E-state index in [9.17, 15) is 9.18 Å². The number of carboxylic acid groups (broad SMARTS) is 1. The molecule has 0 saturated carbocycles. The quantitative estimate of drug-likeness (QED) is 0.573. The van der Waals surface area contributed by atoms with Crippen LogP contribution in [0.15, 0.2) is 0 Å². The number of nitrogens with one attached hydrogen (secondary N) is 1. The van der Waals surface area contributed by atoms with Crippen LogP contribution >= 0.6 is 0 Å². The average Bonchev–Trinajstić information content (AvgIpc) is 1.64.